The number of aliphatic hydroxyl groups is 1. The fraction of sp³-hybridized carbons (Fsp3) is 0.462. The minimum Gasteiger partial charge on any atom is -0.383 e. The van der Waals surface area contributed by atoms with Crippen LogP contribution in [0.2, 0.25) is 0 Å². The third-order valence-electron chi connectivity index (χ3n) is 2.40. The van der Waals surface area contributed by atoms with Crippen molar-refractivity contribution < 1.29 is 14.6 Å². The van der Waals surface area contributed by atoms with Crippen LogP contribution in [0.5, 0.6) is 0 Å². The predicted octanol–water partition coefficient (Wildman–Crippen LogP) is 0.246. The molecule has 18 heavy (non-hydrogen) atoms. The molecule has 0 aromatic heterocycles. The van der Waals surface area contributed by atoms with Crippen LogP contribution in [0, 0.1) is 0 Å². The lowest BCUT2D eigenvalue weighted by Crippen LogP contribution is -2.49. The molecule has 0 radical (unpaired) electrons. The molecule has 0 aliphatic carbocycles. The van der Waals surface area contributed by atoms with Gasteiger partial charge in [-0.1, -0.05) is 30.3 Å². The summed E-state index contributed by atoms with van der Waals surface area (Å²) in [5.41, 5.74) is 1.03. The molecule has 1 unspecified atom stereocenters. The zero-order chi connectivity index (χ0) is 13.4. The summed E-state index contributed by atoms with van der Waals surface area (Å²) < 4.78 is 4.94. The summed E-state index contributed by atoms with van der Waals surface area (Å²) in [6.07, 6.45) is -0.757. The van der Waals surface area contributed by atoms with E-state index >= 15 is 0 Å². The number of aliphatic hydroxyl groups excluding tert-OH is 1. The Morgan fingerprint density at radius 3 is 2.61 bits per heavy atom. The molecule has 0 aliphatic heterocycles. The molecular formula is C13H20N2O3. The second-order valence-electron chi connectivity index (χ2n) is 4.05. The molecule has 0 saturated heterocycles. The fourth-order valence-corrected chi connectivity index (χ4v) is 1.57. The molecule has 0 saturated carbocycles. The van der Waals surface area contributed by atoms with Gasteiger partial charge in [0, 0.05) is 13.7 Å². The van der Waals surface area contributed by atoms with E-state index in [1.165, 1.54) is 7.11 Å². The summed E-state index contributed by atoms with van der Waals surface area (Å²) in [5, 5.41) is 14.8. The Balaban J connectivity index is 2.46. The highest BCUT2D eigenvalue weighted by atomic mass is 16.5. The van der Waals surface area contributed by atoms with E-state index in [9.17, 15) is 9.90 Å². The van der Waals surface area contributed by atoms with Crippen molar-refractivity contribution in [3.63, 3.8) is 0 Å². The molecule has 0 spiro atoms. The Bertz CT molecular complexity index is 355. The highest BCUT2D eigenvalue weighted by molar-refractivity contribution is 5.81. The minimum atomic E-state index is -0.757. The Kier molecular flexibility index (Phi) is 6.35. The topological polar surface area (TPSA) is 70.6 Å². The Labute approximate surface area is 107 Å². The van der Waals surface area contributed by atoms with Crippen molar-refractivity contribution in [2.75, 3.05) is 13.7 Å². The van der Waals surface area contributed by atoms with Crippen LogP contribution >= 0.6 is 0 Å². The molecule has 0 heterocycles. The lowest BCUT2D eigenvalue weighted by molar-refractivity contribution is -0.125. The fourth-order valence-electron chi connectivity index (χ4n) is 1.57. The van der Waals surface area contributed by atoms with Crippen LogP contribution in [0.4, 0.5) is 0 Å². The van der Waals surface area contributed by atoms with Gasteiger partial charge >= 0.3 is 0 Å². The van der Waals surface area contributed by atoms with Gasteiger partial charge in [-0.25, -0.2) is 0 Å². The van der Waals surface area contributed by atoms with E-state index in [0.717, 1.165) is 5.56 Å². The molecule has 0 aliphatic rings. The van der Waals surface area contributed by atoms with Gasteiger partial charge in [0.15, 0.2) is 0 Å². The number of methoxy groups -OCH3 is 1. The van der Waals surface area contributed by atoms with E-state index in [1.54, 1.807) is 6.92 Å². The number of carbonyl (C=O) groups is 1. The first-order valence-electron chi connectivity index (χ1n) is 5.88. The lowest BCUT2D eigenvalue weighted by atomic mass is 10.2. The zero-order valence-corrected chi connectivity index (χ0v) is 10.7. The average molecular weight is 252 g/mol. The van der Waals surface area contributed by atoms with Crippen LogP contribution in [-0.4, -0.2) is 37.0 Å². The van der Waals surface area contributed by atoms with Gasteiger partial charge in [0.05, 0.1) is 6.61 Å². The standard InChI is InChI=1S/C13H20N2O3/c1-10(16)15-12(9-18-2)13(17)14-8-11-6-4-3-5-7-11/h3-7,10,12,15-16H,8-9H2,1-2H3,(H,14,17)/t10?,12-/m1/s1. The largest absolute Gasteiger partial charge is 0.383 e. The number of ether oxygens (including phenoxy) is 1. The van der Waals surface area contributed by atoms with Gasteiger partial charge in [0.2, 0.25) is 5.91 Å². The zero-order valence-electron chi connectivity index (χ0n) is 10.7. The second-order valence-corrected chi connectivity index (χ2v) is 4.05. The van der Waals surface area contributed by atoms with Crippen LogP contribution in [0.1, 0.15) is 12.5 Å². The molecule has 1 rings (SSSR count). The Morgan fingerprint density at radius 2 is 2.06 bits per heavy atom. The Hall–Kier alpha value is -1.43. The predicted molar refractivity (Wildman–Crippen MR) is 68.8 cm³/mol. The third kappa shape index (κ3) is 5.27. The maximum atomic E-state index is 11.9. The van der Waals surface area contributed by atoms with Crippen molar-refractivity contribution in [2.45, 2.75) is 25.7 Å². The number of nitrogens with one attached hydrogen (secondary N) is 2. The van der Waals surface area contributed by atoms with E-state index in [-0.39, 0.29) is 12.5 Å². The first kappa shape index (κ1) is 14.6. The lowest BCUT2D eigenvalue weighted by Gasteiger charge is -2.19. The molecule has 100 valence electrons. The number of rotatable bonds is 7. The normalized spacial score (nSPS) is 13.9. The SMILES string of the molecule is COC[C@@H](NC(C)O)C(=O)NCc1ccccc1. The molecule has 1 amide bonds. The van der Waals surface area contributed by atoms with Gasteiger partial charge in [-0.2, -0.15) is 0 Å². The van der Waals surface area contributed by atoms with Crippen molar-refractivity contribution in [1.82, 2.24) is 10.6 Å². The summed E-state index contributed by atoms with van der Waals surface area (Å²) in [5.74, 6) is -0.193. The monoisotopic (exact) mass is 252 g/mol. The van der Waals surface area contributed by atoms with E-state index < -0.39 is 12.3 Å². The summed E-state index contributed by atoms with van der Waals surface area (Å²) >= 11 is 0. The minimum absolute atomic E-state index is 0.193. The van der Waals surface area contributed by atoms with Crippen LogP contribution in [-0.2, 0) is 16.1 Å². The molecular weight excluding hydrogens is 232 g/mol. The maximum Gasteiger partial charge on any atom is 0.239 e. The summed E-state index contributed by atoms with van der Waals surface area (Å²) in [6.45, 7) is 2.24. The van der Waals surface area contributed by atoms with Gasteiger partial charge in [-0.15, -0.1) is 0 Å². The van der Waals surface area contributed by atoms with Crippen LogP contribution in [0.3, 0.4) is 0 Å². The van der Waals surface area contributed by atoms with E-state index in [1.807, 2.05) is 30.3 Å². The second kappa shape index (κ2) is 7.81. The highest BCUT2D eigenvalue weighted by Gasteiger charge is 2.18. The van der Waals surface area contributed by atoms with Gasteiger partial charge in [0.1, 0.15) is 12.3 Å². The van der Waals surface area contributed by atoms with Gasteiger partial charge < -0.3 is 15.2 Å². The molecule has 0 bridgehead atoms. The molecule has 5 heteroatoms. The van der Waals surface area contributed by atoms with Gasteiger partial charge in [0.25, 0.3) is 0 Å². The number of hydrogen-bond donors (Lipinski definition) is 3. The van der Waals surface area contributed by atoms with Crippen molar-refractivity contribution in [1.29, 1.82) is 0 Å². The number of amides is 1. The Morgan fingerprint density at radius 1 is 1.39 bits per heavy atom. The van der Waals surface area contributed by atoms with Crippen LogP contribution in [0.15, 0.2) is 30.3 Å². The summed E-state index contributed by atoms with van der Waals surface area (Å²) in [6, 6.07) is 9.08. The number of carbonyl (C=O) groups excluding carboxylic acids is 1. The van der Waals surface area contributed by atoms with E-state index in [4.69, 9.17) is 4.74 Å². The number of benzene rings is 1. The van der Waals surface area contributed by atoms with Crippen molar-refractivity contribution >= 4 is 5.91 Å². The molecule has 3 N–H and O–H groups in total. The van der Waals surface area contributed by atoms with Gasteiger partial charge in [-0.3, -0.25) is 10.1 Å². The highest BCUT2D eigenvalue weighted by Crippen LogP contribution is 1.98. The van der Waals surface area contributed by atoms with Gasteiger partial charge in [-0.05, 0) is 12.5 Å². The number of hydrogen-bond acceptors (Lipinski definition) is 4. The maximum absolute atomic E-state index is 11.9. The van der Waals surface area contributed by atoms with E-state index in [0.29, 0.717) is 6.54 Å². The van der Waals surface area contributed by atoms with Crippen molar-refractivity contribution in [3.05, 3.63) is 35.9 Å². The van der Waals surface area contributed by atoms with Crippen LogP contribution in [0.25, 0.3) is 0 Å². The first-order chi connectivity index (χ1) is 8.63. The molecule has 1 aromatic rings. The smallest absolute Gasteiger partial charge is 0.239 e. The van der Waals surface area contributed by atoms with E-state index in [2.05, 4.69) is 10.6 Å². The third-order valence-corrected chi connectivity index (χ3v) is 2.40. The summed E-state index contributed by atoms with van der Waals surface area (Å²) in [7, 11) is 1.52. The van der Waals surface area contributed by atoms with Crippen LogP contribution < -0.4 is 10.6 Å². The molecule has 2 atom stereocenters. The molecule has 5 nitrogen and oxygen atoms in total. The quantitative estimate of drug-likeness (QED) is 0.608. The molecule has 0 fully saturated rings. The molecule has 1 aromatic carbocycles. The average Bonchev–Trinajstić information content (AvgIpc) is 2.36. The van der Waals surface area contributed by atoms with Crippen molar-refractivity contribution in [3.8, 4) is 0 Å². The van der Waals surface area contributed by atoms with Crippen molar-refractivity contribution in [2.24, 2.45) is 0 Å². The first-order valence-corrected chi connectivity index (χ1v) is 5.88. The summed E-state index contributed by atoms with van der Waals surface area (Å²) in [4.78, 5) is 11.9.